The SMILES string of the molecule is CCNC(C#N)CCN(CC)CC(C)CC. The fraction of sp³-hybridized carbons (Fsp3) is 0.923. The van der Waals surface area contributed by atoms with Crippen molar-refractivity contribution in [1.82, 2.24) is 10.2 Å². The lowest BCUT2D eigenvalue weighted by atomic mass is 10.1. The molecule has 0 aliphatic heterocycles. The summed E-state index contributed by atoms with van der Waals surface area (Å²) < 4.78 is 0. The Morgan fingerprint density at radius 2 is 2.00 bits per heavy atom. The van der Waals surface area contributed by atoms with E-state index in [0.29, 0.717) is 0 Å². The van der Waals surface area contributed by atoms with Gasteiger partial charge in [0.1, 0.15) is 0 Å². The molecule has 3 heteroatoms. The summed E-state index contributed by atoms with van der Waals surface area (Å²) in [7, 11) is 0. The lowest BCUT2D eigenvalue weighted by molar-refractivity contribution is 0.238. The number of rotatable bonds is 9. The highest BCUT2D eigenvalue weighted by molar-refractivity contribution is 4.89. The van der Waals surface area contributed by atoms with Gasteiger partial charge < -0.3 is 10.2 Å². The molecule has 0 aromatic heterocycles. The quantitative estimate of drug-likeness (QED) is 0.654. The number of nitrogens with one attached hydrogen (secondary N) is 1. The van der Waals surface area contributed by atoms with Crippen molar-refractivity contribution in [2.75, 3.05) is 26.2 Å². The highest BCUT2D eigenvalue weighted by atomic mass is 15.1. The number of hydrogen-bond acceptors (Lipinski definition) is 3. The van der Waals surface area contributed by atoms with E-state index >= 15 is 0 Å². The van der Waals surface area contributed by atoms with E-state index in [1.165, 1.54) is 6.42 Å². The topological polar surface area (TPSA) is 39.1 Å². The van der Waals surface area contributed by atoms with Gasteiger partial charge in [0.05, 0.1) is 12.1 Å². The Morgan fingerprint density at radius 1 is 1.31 bits per heavy atom. The molecule has 0 aliphatic rings. The van der Waals surface area contributed by atoms with Crippen LogP contribution in [-0.2, 0) is 0 Å². The Kier molecular flexibility index (Phi) is 9.27. The Morgan fingerprint density at radius 3 is 2.44 bits per heavy atom. The van der Waals surface area contributed by atoms with Crippen molar-refractivity contribution < 1.29 is 0 Å². The fourth-order valence-corrected chi connectivity index (χ4v) is 1.72. The van der Waals surface area contributed by atoms with Crippen LogP contribution in [0, 0.1) is 17.2 Å². The molecule has 0 rings (SSSR count). The van der Waals surface area contributed by atoms with E-state index in [1.54, 1.807) is 0 Å². The minimum Gasteiger partial charge on any atom is -0.303 e. The highest BCUT2D eigenvalue weighted by Crippen LogP contribution is 2.05. The van der Waals surface area contributed by atoms with Crippen molar-refractivity contribution >= 4 is 0 Å². The number of nitriles is 1. The zero-order valence-electron chi connectivity index (χ0n) is 11.3. The molecule has 0 saturated heterocycles. The average molecular weight is 225 g/mol. The van der Waals surface area contributed by atoms with Gasteiger partial charge in [0, 0.05) is 13.1 Å². The van der Waals surface area contributed by atoms with Gasteiger partial charge in [-0.05, 0) is 25.4 Å². The summed E-state index contributed by atoms with van der Waals surface area (Å²) in [5.74, 6) is 0.750. The average Bonchev–Trinajstić information content (AvgIpc) is 2.32. The van der Waals surface area contributed by atoms with E-state index < -0.39 is 0 Å². The molecule has 0 aromatic carbocycles. The van der Waals surface area contributed by atoms with Crippen LogP contribution in [0.15, 0.2) is 0 Å². The van der Waals surface area contributed by atoms with Gasteiger partial charge in [-0.25, -0.2) is 0 Å². The molecule has 1 N–H and O–H groups in total. The van der Waals surface area contributed by atoms with E-state index in [0.717, 1.165) is 38.5 Å². The van der Waals surface area contributed by atoms with Gasteiger partial charge in [-0.2, -0.15) is 5.26 Å². The molecular formula is C13H27N3. The van der Waals surface area contributed by atoms with Gasteiger partial charge in [0.25, 0.3) is 0 Å². The molecule has 0 heterocycles. The second-order valence-electron chi connectivity index (χ2n) is 4.43. The first-order valence-corrected chi connectivity index (χ1v) is 6.53. The third-order valence-corrected chi connectivity index (χ3v) is 3.05. The molecule has 2 atom stereocenters. The summed E-state index contributed by atoms with van der Waals surface area (Å²) in [5.41, 5.74) is 0. The van der Waals surface area contributed by atoms with Crippen LogP contribution in [-0.4, -0.2) is 37.1 Å². The summed E-state index contributed by atoms with van der Waals surface area (Å²) in [4.78, 5) is 2.44. The van der Waals surface area contributed by atoms with E-state index in [9.17, 15) is 0 Å². The largest absolute Gasteiger partial charge is 0.303 e. The van der Waals surface area contributed by atoms with Gasteiger partial charge in [-0.15, -0.1) is 0 Å². The van der Waals surface area contributed by atoms with Crippen LogP contribution >= 0.6 is 0 Å². The summed E-state index contributed by atoms with van der Waals surface area (Å²) in [5, 5.41) is 12.1. The Hall–Kier alpha value is -0.590. The Balaban J connectivity index is 3.89. The van der Waals surface area contributed by atoms with Gasteiger partial charge in [-0.1, -0.05) is 34.1 Å². The van der Waals surface area contributed by atoms with Crippen LogP contribution in [0.5, 0.6) is 0 Å². The molecule has 0 saturated carbocycles. The van der Waals surface area contributed by atoms with Gasteiger partial charge in [0.15, 0.2) is 0 Å². The summed E-state index contributed by atoms with van der Waals surface area (Å²) in [6.07, 6.45) is 2.15. The monoisotopic (exact) mass is 225 g/mol. The smallest absolute Gasteiger partial charge is 0.0965 e. The van der Waals surface area contributed by atoms with E-state index in [-0.39, 0.29) is 6.04 Å². The van der Waals surface area contributed by atoms with Crippen LogP contribution in [0.3, 0.4) is 0 Å². The first-order valence-electron chi connectivity index (χ1n) is 6.53. The van der Waals surface area contributed by atoms with Gasteiger partial charge >= 0.3 is 0 Å². The molecule has 0 spiro atoms. The molecule has 16 heavy (non-hydrogen) atoms. The minimum atomic E-state index is 0.0102. The number of hydrogen-bond donors (Lipinski definition) is 1. The van der Waals surface area contributed by atoms with Crippen LogP contribution in [0.25, 0.3) is 0 Å². The van der Waals surface area contributed by atoms with Crippen molar-refractivity contribution in [3.63, 3.8) is 0 Å². The van der Waals surface area contributed by atoms with Crippen LogP contribution in [0.2, 0.25) is 0 Å². The Labute approximate surface area is 101 Å². The van der Waals surface area contributed by atoms with Crippen LogP contribution in [0.1, 0.15) is 40.5 Å². The molecule has 0 aromatic rings. The molecule has 94 valence electrons. The molecule has 2 unspecified atom stereocenters. The molecule has 0 radical (unpaired) electrons. The van der Waals surface area contributed by atoms with Crippen molar-refractivity contribution in [1.29, 1.82) is 5.26 Å². The lowest BCUT2D eigenvalue weighted by Gasteiger charge is -2.24. The molecule has 0 fully saturated rings. The van der Waals surface area contributed by atoms with Crippen LogP contribution < -0.4 is 5.32 Å². The first kappa shape index (κ1) is 15.4. The lowest BCUT2D eigenvalue weighted by Crippen LogP contribution is -2.35. The third-order valence-electron chi connectivity index (χ3n) is 3.05. The van der Waals surface area contributed by atoms with Crippen molar-refractivity contribution in [3.8, 4) is 6.07 Å². The number of nitrogens with zero attached hydrogens (tertiary/aromatic N) is 2. The second kappa shape index (κ2) is 9.62. The predicted octanol–water partition coefficient (Wildman–Crippen LogP) is 2.25. The van der Waals surface area contributed by atoms with Crippen molar-refractivity contribution in [3.05, 3.63) is 0 Å². The maximum absolute atomic E-state index is 8.94. The summed E-state index contributed by atoms with van der Waals surface area (Å²) in [6.45, 7) is 12.9. The zero-order valence-corrected chi connectivity index (χ0v) is 11.3. The van der Waals surface area contributed by atoms with Crippen molar-refractivity contribution in [2.24, 2.45) is 5.92 Å². The predicted molar refractivity (Wildman–Crippen MR) is 69.3 cm³/mol. The third kappa shape index (κ3) is 6.81. The van der Waals surface area contributed by atoms with Gasteiger partial charge in [-0.3, -0.25) is 0 Å². The fourth-order valence-electron chi connectivity index (χ4n) is 1.72. The second-order valence-corrected chi connectivity index (χ2v) is 4.43. The maximum atomic E-state index is 8.94. The maximum Gasteiger partial charge on any atom is 0.0965 e. The Bertz CT molecular complexity index is 198. The molecule has 3 nitrogen and oxygen atoms in total. The van der Waals surface area contributed by atoms with Crippen molar-refractivity contribution in [2.45, 2.75) is 46.6 Å². The normalized spacial score (nSPS) is 14.8. The molecule has 0 amide bonds. The van der Waals surface area contributed by atoms with E-state index in [4.69, 9.17) is 5.26 Å². The first-order chi connectivity index (χ1) is 7.67. The zero-order chi connectivity index (χ0) is 12.4. The van der Waals surface area contributed by atoms with E-state index in [2.05, 4.69) is 37.1 Å². The standard InChI is InChI=1S/C13H27N3/c1-5-12(4)11-16(7-3)9-8-13(10-14)15-6-2/h12-13,15H,5-9,11H2,1-4H3. The molecule has 0 aliphatic carbocycles. The minimum absolute atomic E-state index is 0.0102. The summed E-state index contributed by atoms with van der Waals surface area (Å²) in [6, 6.07) is 2.32. The summed E-state index contributed by atoms with van der Waals surface area (Å²) >= 11 is 0. The molecule has 0 bridgehead atoms. The van der Waals surface area contributed by atoms with Gasteiger partial charge in [0.2, 0.25) is 0 Å². The molecular weight excluding hydrogens is 198 g/mol. The van der Waals surface area contributed by atoms with E-state index in [1.807, 2.05) is 6.92 Å². The highest BCUT2D eigenvalue weighted by Gasteiger charge is 2.10. The van der Waals surface area contributed by atoms with Crippen LogP contribution in [0.4, 0.5) is 0 Å².